The van der Waals surface area contributed by atoms with Crippen LogP contribution in [-0.4, -0.2) is 43.4 Å². The first-order valence-corrected chi connectivity index (χ1v) is 8.70. The van der Waals surface area contributed by atoms with E-state index in [1.807, 2.05) is 0 Å². The van der Waals surface area contributed by atoms with Gasteiger partial charge in [0.05, 0.1) is 0 Å². The highest BCUT2D eigenvalue weighted by Crippen LogP contribution is 2.45. The van der Waals surface area contributed by atoms with Crippen molar-refractivity contribution >= 4 is 5.96 Å². The summed E-state index contributed by atoms with van der Waals surface area (Å²) in [6.07, 6.45) is -1.53. The van der Waals surface area contributed by atoms with Crippen molar-refractivity contribution < 1.29 is 17.9 Å². The van der Waals surface area contributed by atoms with Crippen LogP contribution in [0.4, 0.5) is 13.2 Å². The number of nitrogens with zero attached hydrogens (tertiary/aromatic N) is 2. The van der Waals surface area contributed by atoms with Gasteiger partial charge in [0, 0.05) is 32.1 Å². The van der Waals surface area contributed by atoms with E-state index >= 15 is 0 Å². The van der Waals surface area contributed by atoms with Crippen LogP contribution in [0.3, 0.4) is 0 Å². The summed E-state index contributed by atoms with van der Waals surface area (Å²) < 4.78 is 41.9. The number of hydrogen-bond donors (Lipinski definition) is 1. The molecule has 1 aliphatic heterocycles. The van der Waals surface area contributed by atoms with E-state index in [1.54, 1.807) is 25.2 Å². The van der Waals surface area contributed by atoms with E-state index in [2.05, 4.69) is 26.9 Å². The zero-order chi connectivity index (χ0) is 18.0. The van der Waals surface area contributed by atoms with Gasteiger partial charge in [0.15, 0.2) is 5.96 Å². The maximum atomic E-state index is 12.6. The lowest BCUT2D eigenvalue weighted by atomic mass is 10.0. The van der Waals surface area contributed by atoms with Crippen molar-refractivity contribution in [2.75, 3.05) is 20.1 Å². The number of rotatable bonds is 3. The molecule has 0 amide bonds. The number of guanidine groups is 1. The number of alkyl halides is 3. The second-order valence-corrected chi connectivity index (χ2v) is 6.92. The van der Waals surface area contributed by atoms with Gasteiger partial charge in [0.2, 0.25) is 0 Å². The van der Waals surface area contributed by atoms with Crippen molar-refractivity contribution in [1.82, 2.24) is 10.2 Å². The van der Waals surface area contributed by atoms with Gasteiger partial charge in [-0.2, -0.15) is 0 Å². The SMILES string of the molecule is CN=C(NC1CC1c1ccccc1OC(F)(F)F)N1CCCC(C)C1. The number of para-hydroxylation sites is 1. The predicted octanol–water partition coefficient (Wildman–Crippen LogP) is 3.75. The first-order valence-electron chi connectivity index (χ1n) is 8.70. The molecule has 1 aromatic carbocycles. The molecule has 0 spiro atoms. The van der Waals surface area contributed by atoms with Crippen LogP contribution in [0.5, 0.6) is 5.75 Å². The van der Waals surface area contributed by atoms with Crippen LogP contribution in [-0.2, 0) is 0 Å². The van der Waals surface area contributed by atoms with E-state index in [9.17, 15) is 13.2 Å². The molecule has 1 aromatic rings. The minimum absolute atomic E-state index is 0.0116. The Labute approximate surface area is 146 Å². The molecule has 2 fully saturated rings. The second-order valence-electron chi connectivity index (χ2n) is 6.92. The maximum absolute atomic E-state index is 12.6. The lowest BCUT2D eigenvalue weighted by Gasteiger charge is -2.33. The fourth-order valence-electron chi connectivity index (χ4n) is 3.55. The molecule has 3 unspecified atom stereocenters. The van der Waals surface area contributed by atoms with E-state index in [0.29, 0.717) is 11.5 Å². The number of benzene rings is 1. The van der Waals surface area contributed by atoms with E-state index in [-0.39, 0.29) is 17.7 Å². The molecule has 25 heavy (non-hydrogen) atoms. The highest BCUT2D eigenvalue weighted by molar-refractivity contribution is 5.81. The van der Waals surface area contributed by atoms with Crippen LogP contribution in [0.15, 0.2) is 29.3 Å². The van der Waals surface area contributed by atoms with Crippen LogP contribution in [0, 0.1) is 5.92 Å². The minimum atomic E-state index is -4.67. The molecule has 3 rings (SSSR count). The number of nitrogens with one attached hydrogen (secondary N) is 1. The van der Waals surface area contributed by atoms with Crippen molar-refractivity contribution in [3.63, 3.8) is 0 Å². The molecule has 0 radical (unpaired) electrons. The lowest BCUT2D eigenvalue weighted by molar-refractivity contribution is -0.274. The highest BCUT2D eigenvalue weighted by Gasteiger charge is 2.43. The summed E-state index contributed by atoms with van der Waals surface area (Å²) in [5, 5.41) is 3.41. The van der Waals surface area contributed by atoms with Gasteiger partial charge in [-0.1, -0.05) is 25.1 Å². The van der Waals surface area contributed by atoms with Crippen molar-refractivity contribution in [2.24, 2.45) is 10.9 Å². The molecule has 1 heterocycles. The Balaban J connectivity index is 1.65. The minimum Gasteiger partial charge on any atom is -0.405 e. The Kier molecular flexibility index (Phi) is 5.11. The van der Waals surface area contributed by atoms with Gasteiger partial charge in [-0.05, 0) is 36.8 Å². The Morgan fingerprint density at radius 2 is 2.08 bits per heavy atom. The average Bonchev–Trinajstić information content (AvgIpc) is 3.30. The number of likely N-dealkylation sites (tertiary alicyclic amines) is 1. The lowest BCUT2D eigenvalue weighted by Crippen LogP contribution is -2.47. The fourth-order valence-corrected chi connectivity index (χ4v) is 3.55. The predicted molar refractivity (Wildman–Crippen MR) is 90.7 cm³/mol. The quantitative estimate of drug-likeness (QED) is 0.663. The number of piperidine rings is 1. The maximum Gasteiger partial charge on any atom is 0.573 e. The molecule has 0 bridgehead atoms. The third-order valence-electron chi connectivity index (χ3n) is 4.82. The van der Waals surface area contributed by atoms with Gasteiger partial charge in [-0.25, -0.2) is 0 Å². The summed E-state index contributed by atoms with van der Waals surface area (Å²) in [5.41, 5.74) is 0.597. The van der Waals surface area contributed by atoms with Crippen molar-refractivity contribution in [3.8, 4) is 5.75 Å². The summed E-state index contributed by atoms with van der Waals surface area (Å²) in [6.45, 7) is 4.16. The zero-order valence-electron chi connectivity index (χ0n) is 14.5. The molecule has 1 aliphatic carbocycles. The molecule has 138 valence electrons. The number of aliphatic imine (C=N–C) groups is 1. The molecular formula is C18H24F3N3O. The van der Waals surface area contributed by atoms with Crippen LogP contribution >= 0.6 is 0 Å². The summed E-state index contributed by atoms with van der Waals surface area (Å²) in [6, 6.07) is 6.48. The molecule has 2 aliphatic rings. The molecule has 1 saturated carbocycles. The van der Waals surface area contributed by atoms with Gasteiger partial charge in [-0.15, -0.1) is 13.2 Å². The number of halogens is 3. The molecule has 1 saturated heterocycles. The standard InChI is InChI=1S/C18H24F3N3O/c1-12-6-5-9-24(11-12)17(22-2)23-15-10-14(15)13-7-3-4-8-16(13)25-18(19,20)21/h3-4,7-8,12,14-15H,5-6,9-11H2,1-2H3,(H,22,23). The second kappa shape index (κ2) is 7.14. The summed E-state index contributed by atoms with van der Waals surface area (Å²) in [5.74, 6) is 1.37. The van der Waals surface area contributed by atoms with E-state index < -0.39 is 6.36 Å². The molecule has 3 atom stereocenters. The number of ether oxygens (including phenoxy) is 1. The summed E-state index contributed by atoms with van der Waals surface area (Å²) in [4.78, 5) is 6.59. The first-order chi connectivity index (χ1) is 11.9. The molecule has 4 nitrogen and oxygen atoms in total. The third kappa shape index (κ3) is 4.58. The summed E-state index contributed by atoms with van der Waals surface area (Å²) >= 11 is 0. The smallest absolute Gasteiger partial charge is 0.405 e. The molecular weight excluding hydrogens is 331 g/mol. The normalized spacial score (nSPS) is 27.2. The molecule has 7 heteroatoms. The Hall–Kier alpha value is -1.92. The van der Waals surface area contributed by atoms with E-state index in [1.165, 1.54) is 12.5 Å². The molecule has 1 N–H and O–H groups in total. The first kappa shape index (κ1) is 17.9. The molecule has 0 aromatic heterocycles. The zero-order valence-corrected chi connectivity index (χ0v) is 14.5. The summed E-state index contributed by atoms with van der Waals surface area (Å²) in [7, 11) is 1.75. The van der Waals surface area contributed by atoms with Crippen LogP contribution in [0.2, 0.25) is 0 Å². The fraction of sp³-hybridized carbons (Fsp3) is 0.611. The average molecular weight is 355 g/mol. The van der Waals surface area contributed by atoms with Gasteiger partial charge in [-0.3, -0.25) is 4.99 Å². The van der Waals surface area contributed by atoms with Gasteiger partial charge < -0.3 is 15.0 Å². The van der Waals surface area contributed by atoms with Crippen molar-refractivity contribution in [3.05, 3.63) is 29.8 Å². The van der Waals surface area contributed by atoms with Crippen LogP contribution in [0.25, 0.3) is 0 Å². The Morgan fingerprint density at radius 3 is 2.76 bits per heavy atom. The van der Waals surface area contributed by atoms with Crippen molar-refractivity contribution in [2.45, 2.75) is 44.5 Å². The highest BCUT2D eigenvalue weighted by atomic mass is 19.4. The topological polar surface area (TPSA) is 36.9 Å². The van der Waals surface area contributed by atoms with Gasteiger partial charge >= 0.3 is 6.36 Å². The van der Waals surface area contributed by atoms with E-state index in [4.69, 9.17) is 0 Å². The van der Waals surface area contributed by atoms with Crippen LogP contribution in [0.1, 0.15) is 37.7 Å². The number of hydrogen-bond acceptors (Lipinski definition) is 2. The van der Waals surface area contributed by atoms with Gasteiger partial charge in [0.1, 0.15) is 5.75 Å². The third-order valence-corrected chi connectivity index (χ3v) is 4.82. The Morgan fingerprint density at radius 1 is 1.32 bits per heavy atom. The van der Waals surface area contributed by atoms with E-state index in [0.717, 1.165) is 31.9 Å². The van der Waals surface area contributed by atoms with Gasteiger partial charge in [0.25, 0.3) is 0 Å². The van der Waals surface area contributed by atoms with Crippen LogP contribution < -0.4 is 10.1 Å². The Bertz CT molecular complexity index is 632. The van der Waals surface area contributed by atoms with Crippen molar-refractivity contribution in [1.29, 1.82) is 0 Å². The largest absolute Gasteiger partial charge is 0.573 e. The monoisotopic (exact) mass is 355 g/mol.